The maximum Gasteiger partial charge on any atom is 0.410 e. The summed E-state index contributed by atoms with van der Waals surface area (Å²) in [6.45, 7) is 10.1. The number of hydrogen-bond acceptors (Lipinski definition) is 7. The smallest absolute Gasteiger partial charge is 0.410 e. The van der Waals surface area contributed by atoms with Crippen LogP contribution in [0.5, 0.6) is 0 Å². The summed E-state index contributed by atoms with van der Waals surface area (Å²) in [5.41, 5.74) is 2.59. The Labute approximate surface area is 299 Å². The van der Waals surface area contributed by atoms with Gasteiger partial charge >= 0.3 is 12.2 Å². The second kappa shape index (κ2) is 14.5. The van der Waals surface area contributed by atoms with Crippen LogP contribution < -0.4 is 15.9 Å². The van der Waals surface area contributed by atoms with E-state index >= 15 is 0 Å². The molecule has 3 N–H and O–H groups in total. The lowest BCUT2D eigenvalue weighted by atomic mass is 9.85. The molecule has 6 atom stereocenters. The second-order valence-corrected chi connectivity index (χ2v) is 17.7. The van der Waals surface area contributed by atoms with Gasteiger partial charge < -0.3 is 29.9 Å². The largest absolute Gasteiger partial charge is 0.450 e. The highest BCUT2D eigenvalue weighted by atomic mass is 31.2. The topological polar surface area (TPSA) is 155 Å². The number of alkyl carbamates (subject to hydrolysis) is 1. The maximum atomic E-state index is 14.4. The van der Waals surface area contributed by atoms with Crippen LogP contribution in [0, 0.1) is 11.3 Å². The van der Waals surface area contributed by atoms with E-state index in [1.54, 1.807) is 62.1 Å². The molecule has 51 heavy (non-hydrogen) atoms. The Kier molecular flexibility index (Phi) is 10.4. The minimum atomic E-state index is -4.18. The van der Waals surface area contributed by atoms with E-state index in [4.69, 9.17) is 9.47 Å². The van der Waals surface area contributed by atoms with Gasteiger partial charge in [-0.2, -0.15) is 0 Å². The molecule has 0 radical (unpaired) electrons. The van der Waals surface area contributed by atoms with Gasteiger partial charge in [0, 0.05) is 30.7 Å². The first kappa shape index (κ1) is 36.6. The minimum Gasteiger partial charge on any atom is -0.450 e. The first-order valence-electron chi connectivity index (χ1n) is 17.9. The number of ether oxygens (including phenoxy) is 2. The number of benzene rings is 2. The monoisotopic (exact) mass is 720 g/mol. The van der Waals surface area contributed by atoms with E-state index in [-0.39, 0.29) is 31.3 Å². The first-order chi connectivity index (χ1) is 24.2. The van der Waals surface area contributed by atoms with Gasteiger partial charge in [0.15, 0.2) is 0 Å². The van der Waals surface area contributed by atoms with Crippen molar-refractivity contribution in [2.24, 2.45) is 11.3 Å². The molecule has 2 aromatic rings. The molecule has 4 aliphatic rings. The van der Waals surface area contributed by atoms with Crippen molar-refractivity contribution < 1.29 is 38.1 Å². The summed E-state index contributed by atoms with van der Waals surface area (Å²) in [6.07, 6.45) is 3.91. The van der Waals surface area contributed by atoms with Crippen LogP contribution in [-0.2, 0) is 43.1 Å². The van der Waals surface area contributed by atoms with Crippen molar-refractivity contribution in [1.29, 1.82) is 0 Å². The molecule has 3 aliphatic heterocycles. The second-order valence-electron chi connectivity index (χ2n) is 15.3. The third-order valence-corrected chi connectivity index (χ3v) is 13.4. The molecule has 13 heteroatoms. The number of nitrogens with zero attached hydrogens (tertiary/aromatic N) is 2. The number of rotatable bonds is 5. The van der Waals surface area contributed by atoms with E-state index in [9.17, 15) is 28.6 Å². The highest BCUT2D eigenvalue weighted by Gasteiger charge is 2.66. The van der Waals surface area contributed by atoms with E-state index in [2.05, 4.69) is 23.3 Å². The molecule has 2 fully saturated rings. The van der Waals surface area contributed by atoms with Gasteiger partial charge in [-0.05, 0) is 59.9 Å². The third-order valence-electron chi connectivity index (χ3n) is 10.7. The zero-order valence-corrected chi connectivity index (χ0v) is 30.5. The molecule has 4 amide bonds. The molecule has 0 aromatic heterocycles. The van der Waals surface area contributed by atoms with Crippen LogP contribution in [0.15, 0.2) is 61.2 Å². The Morgan fingerprint density at radius 2 is 1.76 bits per heavy atom. The standard InChI is InChI=1S/C38H49N4O8P/c1-5-27-21-38(27,51(47,48)29-17-10-8-11-18-29)40-33(43)31-20-28-23-42(31)34(44)32(37(2,3)4)39-35(45)49-19-12-7-6-9-14-25-15-13-16-26-22-41(24-30(25)26)36(46)50-28/h5,8,10-11,13,15-18,27-28,31-32H,1,6-7,9,12,14,19-24H2,2-4H3,(H,39,45)(H,40,43)(H,47,48)/t27-,28+,31-,32+,38-/m0/s1. The number of fused-ring (bicyclic) bond motifs is 3. The molecular formula is C38H49N4O8P. The lowest BCUT2D eigenvalue weighted by molar-refractivity contribution is -0.142. The number of hydrogen-bond donors (Lipinski definition) is 3. The number of aryl methyl sites for hydroxylation is 1. The molecule has 0 spiro atoms. The SMILES string of the molecule is C=C[C@H]1C[C@]1(NC(=O)[C@@H]1C[C@@H]2CN1C(=O)[C@H](C(C)(C)C)NC(=O)OCCCCCCc1cccc3c1CN(C3)C(=O)O2)P(=O)(O)c1ccccc1. The van der Waals surface area contributed by atoms with E-state index in [0.717, 1.165) is 36.8 Å². The van der Waals surface area contributed by atoms with Gasteiger partial charge in [-0.15, -0.1) is 6.58 Å². The summed E-state index contributed by atoms with van der Waals surface area (Å²) < 4.78 is 25.6. The first-order valence-corrected chi connectivity index (χ1v) is 19.5. The van der Waals surface area contributed by atoms with Gasteiger partial charge in [0.2, 0.25) is 11.8 Å². The average molecular weight is 721 g/mol. The average Bonchev–Trinajstić information content (AvgIpc) is 3.41. The fourth-order valence-electron chi connectivity index (χ4n) is 7.64. The van der Waals surface area contributed by atoms with Crippen molar-refractivity contribution in [1.82, 2.24) is 20.4 Å². The quantitative estimate of drug-likeness (QED) is 0.289. The number of carbonyl (C=O) groups is 4. The fraction of sp³-hybridized carbons (Fsp3) is 0.526. The molecule has 4 bridgehead atoms. The summed E-state index contributed by atoms with van der Waals surface area (Å²) in [5.74, 6) is -1.68. The van der Waals surface area contributed by atoms with Gasteiger partial charge in [-0.25, -0.2) is 9.59 Å². The van der Waals surface area contributed by atoms with Crippen LogP contribution in [0.2, 0.25) is 0 Å². The van der Waals surface area contributed by atoms with E-state index < -0.39 is 66.2 Å². The zero-order valence-electron chi connectivity index (χ0n) is 29.6. The molecule has 3 heterocycles. The van der Waals surface area contributed by atoms with Crippen molar-refractivity contribution in [3.63, 3.8) is 0 Å². The van der Waals surface area contributed by atoms with Crippen molar-refractivity contribution in [3.05, 3.63) is 77.9 Å². The van der Waals surface area contributed by atoms with Crippen LogP contribution in [-0.4, -0.2) is 75.3 Å². The summed E-state index contributed by atoms with van der Waals surface area (Å²) in [5, 5.41) is 4.28. The van der Waals surface area contributed by atoms with E-state index in [1.807, 2.05) is 12.1 Å². The van der Waals surface area contributed by atoms with Crippen LogP contribution in [0.3, 0.4) is 0 Å². The van der Waals surface area contributed by atoms with Gasteiger partial charge in [0.1, 0.15) is 23.5 Å². The van der Waals surface area contributed by atoms with Crippen LogP contribution >= 0.6 is 7.37 Å². The summed E-state index contributed by atoms with van der Waals surface area (Å²) in [6, 6.07) is 12.0. The van der Waals surface area contributed by atoms with Gasteiger partial charge in [0.05, 0.1) is 13.2 Å². The minimum absolute atomic E-state index is 0.0352. The maximum absolute atomic E-state index is 14.4. The molecule has 274 valence electrons. The summed E-state index contributed by atoms with van der Waals surface area (Å²) >= 11 is 0. The number of nitrogens with one attached hydrogen (secondary N) is 2. The van der Waals surface area contributed by atoms with Gasteiger partial charge in [-0.1, -0.05) is 76.1 Å². The third kappa shape index (κ3) is 7.44. The molecule has 6 rings (SSSR count). The Hall–Kier alpha value is -4.15. The highest BCUT2D eigenvalue weighted by Crippen LogP contribution is 2.68. The number of cyclic esters (lactones) is 1. The normalized spacial score (nSPS) is 28.5. The van der Waals surface area contributed by atoms with Crippen molar-refractivity contribution in [3.8, 4) is 0 Å². The fourth-order valence-corrected chi connectivity index (χ4v) is 9.93. The van der Waals surface area contributed by atoms with Crippen LogP contribution in [0.25, 0.3) is 0 Å². The molecule has 2 aromatic carbocycles. The highest BCUT2D eigenvalue weighted by molar-refractivity contribution is 7.68. The predicted octanol–water partition coefficient (Wildman–Crippen LogP) is 4.98. The Morgan fingerprint density at radius 3 is 2.47 bits per heavy atom. The Bertz CT molecular complexity index is 1730. The number of amides is 4. The molecular weight excluding hydrogens is 671 g/mol. The molecule has 1 unspecified atom stereocenters. The van der Waals surface area contributed by atoms with Gasteiger partial charge in [0.25, 0.3) is 7.37 Å². The van der Waals surface area contributed by atoms with Gasteiger partial charge in [-0.3, -0.25) is 19.1 Å². The molecule has 1 saturated carbocycles. The Balaban J connectivity index is 1.29. The van der Waals surface area contributed by atoms with Crippen molar-refractivity contribution >= 4 is 36.7 Å². The van der Waals surface area contributed by atoms with Crippen LogP contribution in [0.4, 0.5) is 9.59 Å². The van der Waals surface area contributed by atoms with E-state index in [1.165, 1.54) is 10.5 Å². The summed E-state index contributed by atoms with van der Waals surface area (Å²) in [4.78, 5) is 69.8. The van der Waals surface area contributed by atoms with Crippen molar-refractivity contribution in [2.45, 2.75) is 102 Å². The number of carbonyl (C=O) groups excluding carboxylic acids is 4. The zero-order chi connectivity index (χ0) is 36.6. The Morgan fingerprint density at radius 1 is 1.04 bits per heavy atom. The lowest BCUT2D eigenvalue weighted by Crippen LogP contribution is -2.58. The van der Waals surface area contributed by atoms with Crippen molar-refractivity contribution in [2.75, 3.05) is 13.2 Å². The predicted molar refractivity (Wildman–Crippen MR) is 191 cm³/mol. The molecule has 1 saturated heterocycles. The van der Waals surface area contributed by atoms with Crippen LogP contribution in [0.1, 0.15) is 76.0 Å². The van der Waals surface area contributed by atoms with E-state index in [0.29, 0.717) is 19.5 Å². The molecule has 12 nitrogen and oxygen atoms in total. The lowest BCUT2D eigenvalue weighted by Gasteiger charge is -2.35. The summed E-state index contributed by atoms with van der Waals surface area (Å²) in [7, 11) is -4.18. The molecule has 1 aliphatic carbocycles.